The van der Waals surface area contributed by atoms with Crippen molar-refractivity contribution in [2.75, 3.05) is 24.3 Å². The van der Waals surface area contributed by atoms with Gasteiger partial charge in [0.25, 0.3) is 0 Å². The molecule has 5 heteroatoms. The van der Waals surface area contributed by atoms with E-state index in [1.54, 1.807) is 7.11 Å². The number of aliphatic carboxylic acids is 1. The smallest absolute Gasteiger partial charge is 0.307 e. The molecule has 1 unspecified atom stereocenters. The van der Waals surface area contributed by atoms with Crippen molar-refractivity contribution in [3.05, 3.63) is 76.3 Å². The number of ether oxygens (including phenoxy) is 1. The highest BCUT2D eigenvalue weighted by Crippen LogP contribution is 2.54. The molecule has 0 fully saturated rings. The van der Waals surface area contributed by atoms with Gasteiger partial charge in [-0.1, -0.05) is 54.1 Å². The number of carboxylic acids is 1. The maximum Gasteiger partial charge on any atom is 0.307 e. The molecule has 0 aromatic heterocycles. The number of hydrogen-bond donors (Lipinski definition) is 1. The summed E-state index contributed by atoms with van der Waals surface area (Å²) in [7, 11) is 1.57. The van der Waals surface area contributed by atoms with Crippen molar-refractivity contribution < 1.29 is 14.6 Å². The molecule has 178 valence electrons. The van der Waals surface area contributed by atoms with Gasteiger partial charge in [-0.15, -0.1) is 10.7 Å². The zero-order valence-corrected chi connectivity index (χ0v) is 21.6. The molecule has 0 radical (unpaired) electrons. The highest BCUT2D eigenvalue weighted by Gasteiger charge is 2.36. The Balaban J connectivity index is 2.16. The number of anilines is 1. The van der Waals surface area contributed by atoms with Crippen LogP contribution in [0.5, 0.6) is 0 Å². The zero-order chi connectivity index (χ0) is 24.6. The van der Waals surface area contributed by atoms with Crippen LogP contribution in [-0.2, 0) is 16.0 Å². The molecule has 1 aliphatic rings. The lowest BCUT2D eigenvalue weighted by atomic mass is 9.79. The third-order valence-corrected chi connectivity index (χ3v) is 8.57. The molecular weight excluding hydrogens is 442 g/mol. The number of benzene rings is 3. The molecule has 3 aromatic carbocycles. The first-order valence-corrected chi connectivity index (χ1v) is 13.2. The van der Waals surface area contributed by atoms with E-state index in [4.69, 9.17) is 4.74 Å². The van der Waals surface area contributed by atoms with E-state index in [1.807, 2.05) is 0 Å². The maximum absolute atomic E-state index is 12.0. The normalized spacial score (nSPS) is 15.7. The highest BCUT2D eigenvalue weighted by atomic mass is 32.2. The lowest BCUT2D eigenvalue weighted by molar-refractivity contribution is -0.136. The van der Waals surface area contributed by atoms with E-state index in [9.17, 15) is 9.90 Å². The van der Waals surface area contributed by atoms with Crippen molar-refractivity contribution in [2.45, 2.75) is 40.2 Å². The molecule has 3 aromatic rings. The first-order chi connectivity index (χ1) is 16.3. The van der Waals surface area contributed by atoms with Gasteiger partial charge in [-0.25, -0.2) is 0 Å². The van der Waals surface area contributed by atoms with Crippen molar-refractivity contribution in [3.8, 4) is 22.3 Å². The molecule has 0 spiro atoms. The standard InChI is InChI=1S/C29H33NO3S/c1-7-34(6)30-25(17-33-5)22-10-8-9-11-23(22)28-20(4)27(21-14-12-18(2)13-15-21)24(16-26(31)32)19(3)29(28)30/h7-15,25H,16-17H2,1-6H3,(H,31,32)/t25-,34?/m1/s1. The van der Waals surface area contributed by atoms with E-state index in [0.29, 0.717) is 6.61 Å². The second-order valence-electron chi connectivity index (χ2n) is 8.91. The second-order valence-corrected chi connectivity index (χ2v) is 10.8. The van der Waals surface area contributed by atoms with Crippen molar-refractivity contribution in [2.24, 2.45) is 0 Å². The fourth-order valence-corrected chi connectivity index (χ4v) is 6.53. The van der Waals surface area contributed by atoms with E-state index in [2.05, 4.69) is 92.2 Å². The number of carbonyl (C=O) groups is 1. The van der Waals surface area contributed by atoms with Gasteiger partial charge in [0.15, 0.2) is 0 Å². The fourth-order valence-electron chi connectivity index (χ4n) is 5.21. The predicted octanol–water partition coefficient (Wildman–Crippen LogP) is 6.72. The molecule has 1 aliphatic heterocycles. The molecule has 1 heterocycles. The van der Waals surface area contributed by atoms with Gasteiger partial charge in [0.1, 0.15) is 0 Å². The molecular formula is C29H33NO3S. The van der Waals surface area contributed by atoms with Crippen LogP contribution in [0.15, 0.2) is 48.5 Å². The van der Waals surface area contributed by atoms with Gasteiger partial charge in [-0.05, 0) is 78.3 Å². The van der Waals surface area contributed by atoms with Crippen LogP contribution in [0.2, 0.25) is 0 Å². The number of carboxylic acid groups (broad SMARTS) is 1. The molecule has 0 aliphatic carbocycles. The highest BCUT2D eigenvalue weighted by molar-refractivity contribution is 8.15. The van der Waals surface area contributed by atoms with Crippen LogP contribution in [0, 0.1) is 20.8 Å². The second kappa shape index (κ2) is 9.77. The van der Waals surface area contributed by atoms with Crippen molar-refractivity contribution in [1.29, 1.82) is 0 Å². The number of hydrogen-bond acceptors (Lipinski definition) is 3. The summed E-state index contributed by atoms with van der Waals surface area (Å²) in [6, 6.07) is 17.0. The molecule has 1 N–H and O–H groups in total. The summed E-state index contributed by atoms with van der Waals surface area (Å²) in [5, 5.41) is 12.1. The van der Waals surface area contributed by atoms with Gasteiger partial charge < -0.3 is 14.1 Å². The predicted molar refractivity (Wildman–Crippen MR) is 145 cm³/mol. The van der Waals surface area contributed by atoms with Crippen LogP contribution in [0.1, 0.15) is 40.8 Å². The number of nitrogens with zero attached hydrogens (tertiary/aromatic N) is 1. The third-order valence-electron chi connectivity index (χ3n) is 6.83. The number of aryl methyl sites for hydroxylation is 1. The molecule has 0 saturated carbocycles. The summed E-state index contributed by atoms with van der Waals surface area (Å²) in [5.74, 6) is -0.815. The van der Waals surface area contributed by atoms with Gasteiger partial charge >= 0.3 is 5.97 Å². The Morgan fingerprint density at radius 1 is 1.06 bits per heavy atom. The average molecular weight is 476 g/mol. The SMILES string of the molecule is C/C=S(/C)N1c2c(C)c(CC(=O)O)c(-c3ccc(C)cc3)c(C)c2-c2ccccc2[C@H]1COC. The summed E-state index contributed by atoms with van der Waals surface area (Å²) < 4.78 is 8.15. The van der Waals surface area contributed by atoms with E-state index in [-0.39, 0.29) is 23.1 Å². The Kier molecular flexibility index (Phi) is 6.96. The van der Waals surface area contributed by atoms with Gasteiger partial charge in [0.2, 0.25) is 0 Å². The van der Waals surface area contributed by atoms with E-state index in [0.717, 1.165) is 33.5 Å². The Morgan fingerprint density at radius 2 is 1.74 bits per heavy atom. The first kappa shape index (κ1) is 24.2. The van der Waals surface area contributed by atoms with Gasteiger partial charge in [0.05, 0.1) is 24.8 Å². The fraction of sp³-hybridized carbons (Fsp3) is 0.310. The molecule has 2 atom stereocenters. The summed E-state index contributed by atoms with van der Waals surface area (Å²) in [4.78, 5) is 12.0. The molecule has 4 rings (SSSR count). The van der Waals surface area contributed by atoms with Crippen LogP contribution in [-0.4, -0.2) is 36.4 Å². The van der Waals surface area contributed by atoms with Crippen molar-refractivity contribution in [3.63, 3.8) is 0 Å². The Hall–Kier alpha value is -2.89. The molecule has 0 bridgehead atoms. The van der Waals surface area contributed by atoms with Crippen LogP contribution in [0.25, 0.3) is 22.3 Å². The summed E-state index contributed by atoms with van der Waals surface area (Å²) in [5.41, 5.74) is 11.1. The number of fused-ring (bicyclic) bond motifs is 3. The van der Waals surface area contributed by atoms with Crippen molar-refractivity contribution in [1.82, 2.24) is 0 Å². The minimum Gasteiger partial charge on any atom is -0.481 e. The summed E-state index contributed by atoms with van der Waals surface area (Å²) >= 11 is 0. The monoisotopic (exact) mass is 475 g/mol. The maximum atomic E-state index is 12.0. The van der Waals surface area contributed by atoms with Crippen molar-refractivity contribution >= 4 is 27.7 Å². The van der Waals surface area contributed by atoms with Gasteiger partial charge in [-0.3, -0.25) is 4.79 Å². The largest absolute Gasteiger partial charge is 0.481 e. The number of rotatable bonds is 6. The molecule has 0 amide bonds. The Bertz CT molecular complexity index is 1280. The van der Waals surface area contributed by atoms with Gasteiger partial charge in [0, 0.05) is 12.7 Å². The van der Waals surface area contributed by atoms with Gasteiger partial charge in [-0.2, -0.15) is 0 Å². The quantitative estimate of drug-likeness (QED) is 0.402. The third kappa shape index (κ3) is 4.08. The summed E-state index contributed by atoms with van der Waals surface area (Å²) in [6.45, 7) is 8.96. The molecule has 0 saturated heterocycles. The topological polar surface area (TPSA) is 49.8 Å². The number of methoxy groups -OCH3 is 1. The Labute approximate surface area is 205 Å². The van der Waals surface area contributed by atoms with E-state index in [1.165, 1.54) is 22.3 Å². The summed E-state index contributed by atoms with van der Waals surface area (Å²) in [6.07, 6.45) is 2.21. The lowest BCUT2D eigenvalue weighted by Gasteiger charge is -2.43. The van der Waals surface area contributed by atoms with Crippen LogP contribution < -0.4 is 4.31 Å². The van der Waals surface area contributed by atoms with E-state index < -0.39 is 5.97 Å². The molecule has 34 heavy (non-hydrogen) atoms. The van der Waals surface area contributed by atoms with E-state index >= 15 is 0 Å². The lowest BCUT2D eigenvalue weighted by Crippen LogP contribution is -2.32. The average Bonchev–Trinajstić information content (AvgIpc) is 2.82. The van der Waals surface area contributed by atoms with Crippen LogP contribution in [0.3, 0.4) is 0 Å². The minimum absolute atomic E-state index is 0.0130. The van der Waals surface area contributed by atoms with Crippen LogP contribution >= 0.6 is 10.7 Å². The molecule has 4 nitrogen and oxygen atoms in total. The first-order valence-electron chi connectivity index (χ1n) is 11.6. The van der Waals surface area contributed by atoms with Crippen LogP contribution in [0.4, 0.5) is 5.69 Å². The zero-order valence-electron chi connectivity index (χ0n) is 20.8. The Morgan fingerprint density at radius 3 is 2.35 bits per heavy atom. The minimum atomic E-state index is -0.815.